The predicted molar refractivity (Wildman–Crippen MR) is 92.0 cm³/mol. The third-order valence-electron chi connectivity index (χ3n) is 3.78. The molecule has 0 bridgehead atoms. The number of hydrogen-bond acceptors (Lipinski definition) is 6. The number of hydrogen-bond donors (Lipinski definition) is 0. The van der Waals surface area contributed by atoms with Crippen molar-refractivity contribution in [3.05, 3.63) is 53.6 Å². The average Bonchev–Trinajstić information content (AvgIpc) is 2.93. The van der Waals surface area contributed by atoms with Crippen molar-refractivity contribution in [2.24, 2.45) is 0 Å². The van der Waals surface area contributed by atoms with Crippen LogP contribution in [0.3, 0.4) is 0 Å². The van der Waals surface area contributed by atoms with Crippen LogP contribution in [0, 0.1) is 0 Å². The summed E-state index contributed by atoms with van der Waals surface area (Å²) in [5.74, 6) is 0.393. The van der Waals surface area contributed by atoms with Gasteiger partial charge in [-0.25, -0.2) is 8.42 Å². The number of fused-ring (bicyclic) bond motifs is 1. The van der Waals surface area contributed by atoms with Crippen LogP contribution in [0.25, 0.3) is 6.08 Å². The van der Waals surface area contributed by atoms with Gasteiger partial charge in [-0.1, -0.05) is 18.2 Å². The van der Waals surface area contributed by atoms with Crippen molar-refractivity contribution in [3.8, 4) is 17.2 Å². The molecule has 2 aromatic rings. The van der Waals surface area contributed by atoms with Gasteiger partial charge in [0.1, 0.15) is 22.1 Å². The Kier molecular flexibility index (Phi) is 4.50. The van der Waals surface area contributed by atoms with E-state index >= 15 is 0 Å². The Labute approximate surface area is 145 Å². The zero-order valence-corrected chi connectivity index (χ0v) is 14.5. The summed E-state index contributed by atoms with van der Waals surface area (Å²) in [4.78, 5) is 12.5. The lowest BCUT2D eigenvalue weighted by molar-refractivity contribution is 0.104. The lowest BCUT2D eigenvalue weighted by Gasteiger charge is -2.07. The van der Waals surface area contributed by atoms with E-state index in [2.05, 4.69) is 0 Å². The van der Waals surface area contributed by atoms with Crippen molar-refractivity contribution in [1.29, 1.82) is 0 Å². The largest absolute Gasteiger partial charge is 0.497 e. The van der Waals surface area contributed by atoms with Gasteiger partial charge >= 0.3 is 0 Å². The maximum absolute atomic E-state index is 12.5. The fraction of sp³-hybridized carbons (Fsp3) is 0.167. The standard InChI is InChI=1S/C18H16O6S/c1-22-13-6-3-12(4-7-13)5-8-15(19)14-9-18-17(10-16(14)23-2)24-11-25(18,20)21/h3-10H,11H2,1-2H3. The van der Waals surface area contributed by atoms with Crippen LogP contribution >= 0.6 is 0 Å². The second-order valence-corrected chi connectivity index (χ2v) is 7.25. The molecule has 1 aliphatic rings. The summed E-state index contributed by atoms with van der Waals surface area (Å²) in [5, 5.41) is 0. The number of methoxy groups -OCH3 is 2. The van der Waals surface area contributed by atoms with E-state index in [4.69, 9.17) is 14.2 Å². The van der Waals surface area contributed by atoms with Crippen LogP contribution in [0.1, 0.15) is 15.9 Å². The molecule has 3 rings (SSSR count). The third kappa shape index (κ3) is 3.36. The molecule has 7 heteroatoms. The van der Waals surface area contributed by atoms with E-state index < -0.39 is 15.8 Å². The number of ketones is 1. The first-order valence-electron chi connectivity index (χ1n) is 7.38. The van der Waals surface area contributed by atoms with E-state index in [-0.39, 0.29) is 27.7 Å². The van der Waals surface area contributed by atoms with Gasteiger partial charge in [0, 0.05) is 6.07 Å². The first-order valence-corrected chi connectivity index (χ1v) is 9.04. The summed E-state index contributed by atoms with van der Waals surface area (Å²) in [6.07, 6.45) is 3.01. The Morgan fingerprint density at radius 3 is 2.48 bits per heavy atom. The van der Waals surface area contributed by atoms with Crippen molar-refractivity contribution >= 4 is 21.7 Å². The van der Waals surface area contributed by atoms with Gasteiger partial charge in [-0.15, -0.1) is 0 Å². The smallest absolute Gasteiger partial charge is 0.216 e. The first-order chi connectivity index (χ1) is 11.9. The zero-order chi connectivity index (χ0) is 18.0. The molecule has 0 aromatic heterocycles. The molecule has 0 unspecified atom stereocenters. The Morgan fingerprint density at radius 1 is 1.12 bits per heavy atom. The summed E-state index contributed by atoms with van der Waals surface area (Å²) in [7, 11) is -0.542. The molecule has 25 heavy (non-hydrogen) atoms. The van der Waals surface area contributed by atoms with Crippen molar-refractivity contribution in [2.75, 3.05) is 20.2 Å². The van der Waals surface area contributed by atoms with Gasteiger partial charge < -0.3 is 14.2 Å². The molecular formula is C18H16O6S. The summed E-state index contributed by atoms with van der Waals surface area (Å²) in [5.41, 5.74) is 0.977. The van der Waals surface area contributed by atoms with Gasteiger partial charge in [-0.3, -0.25) is 4.79 Å². The monoisotopic (exact) mass is 360 g/mol. The van der Waals surface area contributed by atoms with Gasteiger partial charge in [-0.05, 0) is 29.8 Å². The number of allylic oxidation sites excluding steroid dienone is 1. The van der Waals surface area contributed by atoms with Crippen LogP contribution in [0.2, 0.25) is 0 Å². The summed E-state index contributed by atoms with van der Waals surface area (Å²) in [6.45, 7) is 0. The van der Waals surface area contributed by atoms with Crippen molar-refractivity contribution in [2.45, 2.75) is 4.90 Å². The molecule has 0 atom stereocenters. The van der Waals surface area contributed by atoms with Gasteiger partial charge in [0.15, 0.2) is 11.7 Å². The summed E-state index contributed by atoms with van der Waals surface area (Å²) < 4.78 is 39.3. The number of benzene rings is 2. The number of ether oxygens (including phenoxy) is 3. The second-order valence-electron chi connectivity index (χ2n) is 5.35. The third-order valence-corrected chi connectivity index (χ3v) is 5.20. The van der Waals surface area contributed by atoms with E-state index in [1.165, 1.54) is 25.3 Å². The zero-order valence-electron chi connectivity index (χ0n) is 13.7. The Morgan fingerprint density at radius 2 is 1.84 bits per heavy atom. The molecule has 1 aliphatic heterocycles. The van der Waals surface area contributed by atoms with Gasteiger partial charge in [0.25, 0.3) is 0 Å². The van der Waals surface area contributed by atoms with E-state index in [0.29, 0.717) is 5.75 Å². The van der Waals surface area contributed by atoms with Crippen LogP contribution in [-0.4, -0.2) is 34.4 Å². The number of carbonyl (C=O) groups is 1. The summed E-state index contributed by atoms with van der Waals surface area (Å²) in [6, 6.07) is 9.90. The molecule has 6 nitrogen and oxygen atoms in total. The molecule has 0 amide bonds. The number of carbonyl (C=O) groups excluding carboxylic acids is 1. The SMILES string of the molecule is COc1ccc(C=CC(=O)c2cc3c(cc2OC)OCS3(=O)=O)cc1. The minimum absolute atomic E-state index is 0.00879. The van der Waals surface area contributed by atoms with Gasteiger partial charge in [0.05, 0.1) is 19.8 Å². The summed E-state index contributed by atoms with van der Waals surface area (Å²) >= 11 is 0. The van der Waals surface area contributed by atoms with Crippen LogP contribution in [-0.2, 0) is 9.84 Å². The van der Waals surface area contributed by atoms with Crippen molar-refractivity contribution in [1.82, 2.24) is 0 Å². The van der Waals surface area contributed by atoms with E-state index in [9.17, 15) is 13.2 Å². The Bertz CT molecular complexity index is 942. The average molecular weight is 360 g/mol. The Hall–Kier alpha value is -2.80. The lowest BCUT2D eigenvalue weighted by Crippen LogP contribution is -2.03. The van der Waals surface area contributed by atoms with Crippen LogP contribution in [0.4, 0.5) is 0 Å². The molecule has 0 radical (unpaired) electrons. The van der Waals surface area contributed by atoms with E-state index in [1.54, 1.807) is 37.5 Å². The van der Waals surface area contributed by atoms with Crippen molar-refractivity contribution in [3.63, 3.8) is 0 Å². The van der Waals surface area contributed by atoms with Crippen molar-refractivity contribution < 1.29 is 27.4 Å². The van der Waals surface area contributed by atoms with Gasteiger partial charge in [-0.2, -0.15) is 0 Å². The molecule has 0 fully saturated rings. The molecule has 0 aliphatic carbocycles. The normalized spacial score (nSPS) is 14.8. The highest BCUT2D eigenvalue weighted by atomic mass is 32.2. The fourth-order valence-corrected chi connectivity index (χ4v) is 3.57. The quantitative estimate of drug-likeness (QED) is 0.603. The maximum Gasteiger partial charge on any atom is 0.216 e. The van der Waals surface area contributed by atoms with E-state index in [0.717, 1.165) is 5.56 Å². The molecule has 130 valence electrons. The van der Waals surface area contributed by atoms with Crippen LogP contribution in [0.5, 0.6) is 17.2 Å². The minimum Gasteiger partial charge on any atom is -0.497 e. The van der Waals surface area contributed by atoms with Gasteiger partial charge in [0.2, 0.25) is 9.84 Å². The lowest BCUT2D eigenvalue weighted by atomic mass is 10.1. The fourth-order valence-electron chi connectivity index (χ4n) is 2.44. The topological polar surface area (TPSA) is 78.9 Å². The van der Waals surface area contributed by atoms with Crippen LogP contribution < -0.4 is 14.2 Å². The number of rotatable bonds is 5. The van der Waals surface area contributed by atoms with Crippen LogP contribution in [0.15, 0.2) is 47.4 Å². The molecule has 0 saturated heterocycles. The highest BCUT2D eigenvalue weighted by Gasteiger charge is 2.30. The molecule has 0 saturated carbocycles. The first kappa shape index (κ1) is 17.0. The molecular weight excluding hydrogens is 344 g/mol. The number of sulfone groups is 1. The molecule has 0 N–H and O–H groups in total. The molecule has 0 spiro atoms. The highest BCUT2D eigenvalue weighted by molar-refractivity contribution is 7.91. The highest BCUT2D eigenvalue weighted by Crippen LogP contribution is 2.37. The molecule has 2 aromatic carbocycles. The minimum atomic E-state index is -3.53. The Balaban J connectivity index is 1.92. The maximum atomic E-state index is 12.5. The second kappa shape index (κ2) is 6.60. The van der Waals surface area contributed by atoms with E-state index in [1.807, 2.05) is 0 Å². The molecule has 1 heterocycles. The predicted octanol–water partition coefficient (Wildman–Crippen LogP) is 2.72.